The normalized spacial score (nSPS) is 10.8. The number of fused-ring (bicyclic) bond motifs is 1. The molecule has 2 aromatic heterocycles. The highest BCUT2D eigenvalue weighted by Gasteiger charge is 2.02. The van der Waals surface area contributed by atoms with Gasteiger partial charge < -0.3 is 15.5 Å². The molecule has 19 heavy (non-hydrogen) atoms. The van der Waals surface area contributed by atoms with Gasteiger partial charge in [0.2, 0.25) is 0 Å². The molecule has 0 aliphatic heterocycles. The maximum absolute atomic E-state index is 5.74. The zero-order valence-electron chi connectivity index (χ0n) is 10.6. The van der Waals surface area contributed by atoms with Crippen molar-refractivity contribution in [3.8, 4) is 0 Å². The van der Waals surface area contributed by atoms with E-state index in [2.05, 4.69) is 15.3 Å². The van der Waals surface area contributed by atoms with Gasteiger partial charge in [-0.3, -0.25) is 0 Å². The molecule has 3 rings (SSSR count). The van der Waals surface area contributed by atoms with Gasteiger partial charge in [0.1, 0.15) is 11.3 Å². The number of benzene rings is 1. The summed E-state index contributed by atoms with van der Waals surface area (Å²) in [5.41, 5.74) is 10.2. The Bertz CT molecular complexity index is 720. The Labute approximate surface area is 110 Å². The molecule has 0 atom stereocenters. The molecule has 0 saturated carbocycles. The minimum absolute atomic E-state index is 0.674. The second-order valence-corrected chi connectivity index (χ2v) is 4.43. The van der Waals surface area contributed by atoms with Gasteiger partial charge in [0.05, 0.1) is 11.9 Å². The highest BCUT2D eigenvalue weighted by Crippen LogP contribution is 2.17. The van der Waals surface area contributed by atoms with Crippen molar-refractivity contribution in [1.82, 2.24) is 9.97 Å². The average molecular weight is 254 g/mol. The first-order chi connectivity index (χ1) is 9.22. The van der Waals surface area contributed by atoms with Crippen molar-refractivity contribution in [3.63, 3.8) is 0 Å². The Kier molecular flexibility index (Phi) is 2.79. The zero-order valence-corrected chi connectivity index (χ0v) is 10.6. The van der Waals surface area contributed by atoms with Gasteiger partial charge in [0.25, 0.3) is 0 Å². The second-order valence-electron chi connectivity index (χ2n) is 4.43. The molecule has 0 spiro atoms. The van der Waals surface area contributed by atoms with Crippen LogP contribution < -0.4 is 11.1 Å². The summed E-state index contributed by atoms with van der Waals surface area (Å²) in [6, 6.07) is 7.86. The number of rotatable bonds is 3. The number of nitrogens with zero attached hydrogens (tertiary/aromatic N) is 2. The van der Waals surface area contributed by atoms with Gasteiger partial charge in [0.15, 0.2) is 12.0 Å². The first kappa shape index (κ1) is 11.5. The van der Waals surface area contributed by atoms with Crippen LogP contribution in [0.4, 0.5) is 11.5 Å². The van der Waals surface area contributed by atoms with Crippen LogP contribution >= 0.6 is 0 Å². The van der Waals surface area contributed by atoms with E-state index in [4.69, 9.17) is 10.2 Å². The van der Waals surface area contributed by atoms with E-state index in [-0.39, 0.29) is 0 Å². The lowest BCUT2D eigenvalue weighted by molar-refractivity contribution is 0.602. The number of nitrogens with two attached hydrogens (primary N) is 1. The third-order valence-electron chi connectivity index (χ3n) is 3.02. The molecule has 5 nitrogen and oxygen atoms in total. The fourth-order valence-corrected chi connectivity index (χ4v) is 1.87. The fourth-order valence-electron chi connectivity index (χ4n) is 1.87. The monoisotopic (exact) mass is 254 g/mol. The van der Waals surface area contributed by atoms with Crippen molar-refractivity contribution in [3.05, 3.63) is 48.0 Å². The number of nitrogen functional groups attached to an aromatic ring is 1. The smallest absolute Gasteiger partial charge is 0.181 e. The molecular formula is C14H14N4O. The quantitative estimate of drug-likeness (QED) is 0.751. The second kappa shape index (κ2) is 4.61. The van der Waals surface area contributed by atoms with Gasteiger partial charge >= 0.3 is 0 Å². The van der Waals surface area contributed by atoms with Crippen molar-refractivity contribution in [2.75, 3.05) is 11.1 Å². The summed E-state index contributed by atoms with van der Waals surface area (Å²) in [7, 11) is 0. The predicted octanol–water partition coefficient (Wildman–Crippen LogP) is 2.73. The molecule has 3 N–H and O–H groups in total. The molecule has 0 fully saturated rings. The Hall–Kier alpha value is -2.56. The van der Waals surface area contributed by atoms with Crippen LogP contribution in [0.15, 0.2) is 41.3 Å². The van der Waals surface area contributed by atoms with Gasteiger partial charge in [-0.15, -0.1) is 0 Å². The van der Waals surface area contributed by atoms with Gasteiger partial charge in [-0.2, -0.15) is 0 Å². The zero-order chi connectivity index (χ0) is 13.2. The average Bonchev–Trinajstić information content (AvgIpc) is 2.87. The molecule has 0 radical (unpaired) electrons. The number of hydrogen-bond acceptors (Lipinski definition) is 5. The highest BCUT2D eigenvalue weighted by atomic mass is 16.3. The van der Waals surface area contributed by atoms with Crippen LogP contribution in [-0.4, -0.2) is 9.97 Å². The molecule has 96 valence electrons. The molecule has 0 unspecified atom stereocenters. The van der Waals surface area contributed by atoms with Gasteiger partial charge in [-0.25, -0.2) is 9.97 Å². The number of oxazole rings is 1. The van der Waals surface area contributed by atoms with Crippen LogP contribution in [-0.2, 0) is 6.54 Å². The highest BCUT2D eigenvalue weighted by molar-refractivity contribution is 5.72. The number of hydrogen-bond donors (Lipinski definition) is 2. The first-order valence-electron chi connectivity index (χ1n) is 6.00. The molecule has 1 aromatic carbocycles. The number of aryl methyl sites for hydroxylation is 1. The number of anilines is 2. The molecule has 0 amide bonds. The summed E-state index contributed by atoms with van der Waals surface area (Å²) >= 11 is 0. The Morgan fingerprint density at radius 2 is 2.16 bits per heavy atom. The summed E-state index contributed by atoms with van der Waals surface area (Å²) in [4.78, 5) is 8.32. The molecule has 0 aliphatic carbocycles. The molecule has 5 heteroatoms. The largest absolute Gasteiger partial charge is 0.443 e. The van der Waals surface area contributed by atoms with Crippen LogP contribution in [0.5, 0.6) is 0 Å². The van der Waals surface area contributed by atoms with E-state index in [0.717, 1.165) is 28.0 Å². The third-order valence-corrected chi connectivity index (χ3v) is 3.02. The van der Waals surface area contributed by atoms with E-state index in [0.29, 0.717) is 12.2 Å². The summed E-state index contributed by atoms with van der Waals surface area (Å²) in [6.07, 6.45) is 3.12. The van der Waals surface area contributed by atoms with Crippen LogP contribution in [0.1, 0.15) is 11.1 Å². The van der Waals surface area contributed by atoms with Gasteiger partial charge in [0, 0.05) is 6.54 Å². The minimum atomic E-state index is 0.674. The van der Waals surface area contributed by atoms with Gasteiger partial charge in [-0.05, 0) is 36.2 Å². The van der Waals surface area contributed by atoms with Crippen molar-refractivity contribution in [1.29, 1.82) is 0 Å². The van der Waals surface area contributed by atoms with E-state index >= 15 is 0 Å². The lowest BCUT2D eigenvalue weighted by atomic mass is 10.2. The molecule has 0 saturated heterocycles. The fraction of sp³-hybridized carbons (Fsp3) is 0.143. The van der Waals surface area contributed by atoms with Crippen molar-refractivity contribution < 1.29 is 4.42 Å². The number of pyridine rings is 1. The van der Waals surface area contributed by atoms with E-state index in [1.165, 1.54) is 6.39 Å². The Morgan fingerprint density at radius 1 is 1.26 bits per heavy atom. The molecule has 2 heterocycles. The van der Waals surface area contributed by atoms with E-state index < -0.39 is 0 Å². The predicted molar refractivity (Wildman–Crippen MR) is 74.7 cm³/mol. The van der Waals surface area contributed by atoms with Gasteiger partial charge in [-0.1, -0.05) is 6.07 Å². The van der Waals surface area contributed by atoms with Crippen molar-refractivity contribution >= 4 is 22.6 Å². The number of nitrogens with one attached hydrogen (secondary N) is 1. The standard InChI is InChI=1S/C14H14N4O/c1-9-4-14(17-7-11(9)15)16-6-10-2-3-12-13(5-10)19-8-18-12/h2-5,7-8H,6,15H2,1H3,(H,16,17). The van der Waals surface area contributed by atoms with Crippen LogP contribution in [0.25, 0.3) is 11.1 Å². The van der Waals surface area contributed by atoms with Crippen LogP contribution in [0.2, 0.25) is 0 Å². The topological polar surface area (TPSA) is 77.0 Å². The lowest BCUT2D eigenvalue weighted by Crippen LogP contribution is -2.02. The summed E-state index contributed by atoms with van der Waals surface area (Å²) < 4.78 is 5.27. The van der Waals surface area contributed by atoms with Crippen LogP contribution in [0.3, 0.4) is 0 Å². The minimum Gasteiger partial charge on any atom is -0.443 e. The van der Waals surface area contributed by atoms with Crippen molar-refractivity contribution in [2.24, 2.45) is 0 Å². The molecular weight excluding hydrogens is 240 g/mol. The maximum atomic E-state index is 5.74. The summed E-state index contributed by atoms with van der Waals surface area (Å²) in [5.74, 6) is 0.810. The van der Waals surface area contributed by atoms with E-state index in [9.17, 15) is 0 Å². The van der Waals surface area contributed by atoms with E-state index in [1.807, 2.05) is 31.2 Å². The Morgan fingerprint density at radius 3 is 3.00 bits per heavy atom. The summed E-state index contributed by atoms with van der Waals surface area (Å²) in [5, 5.41) is 3.26. The molecule has 0 bridgehead atoms. The van der Waals surface area contributed by atoms with Crippen LogP contribution in [0, 0.1) is 6.92 Å². The lowest BCUT2D eigenvalue weighted by Gasteiger charge is -2.07. The maximum Gasteiger partial charge on any atom is 0.181 e. The van der Waals surface area contributed by atoms with Crippen molar-refractivity contribution in [2.45, 2.75) is 13.5 Å². The number of aromatic nitrogens is 2. The molecule has 3 aromatic rings. The molecule has 0 aliphatic rings. The first-order valence-corrected chi connectivity index (χ1v) is 6.00. The summed E-state index contributed by atoms with van der Waals surface area (Å²) in [6.45, 7) is 2.63. The SMILES string of the molecule is Cc1cc(NCc2ccc3ncoc3c2)ncc1N. The Balaban J connectivity index is 1.75. The van der Waals surface area contributed by atoms with E-state index in [1.54, 1.807) is 6.20 Å². The third kappa shape index (κ3) is 2.35.